The van der Waals surface area contributed by atoms with Crippen molar-refractivity contribution in [2.45, 2.75) is 24.9 Å². The van der Waals surface area contributed by atoms with Gasteiger partial charge in [-0.25, -0.2) is 4.39 Å². The van der Waals surface area contributed by atoms with Gasteiger partial charge in [-0.1, -0.05) is 12.1 Å². The van der Waals surface area contributed by atoms with Crippen LogP contribution in [-0.2, 0) is 16.0 Å². The lowest BCUT2D eigenvalue weighted by atomic mass is 9.82. The van der Waals surface area contributed by atoms with Gasteiger partial charge in [0.25, 0.3) is 0 Å². The standard InChI is InChI=1S/C18H25FN2O2/c1-20(2)10-15-7-8-18(23-11-15)12-21(13-18)17(22)9-14-3-5-16(19)6-4-14/h3-6,15H,7-13H2,1-2H3. The molecule has 0 N–H and O–H groups in total. The van der Waals surface area contributed by atoms with Crippen LogP contribution in [0, 0.1) is 11.7 Å². The molecule has 1 unspecified atom stereocenters. The third kappa shape index (κ3) is 3.90. The van der Waals surface area contributed by atoms with E-state index in [1.807, 2.05) is 4.90 Å². The molecule has 1 atom stereocenters. The SMILES string of the molecule is CN(C)CC1CCC2(CN(C(=O)Cc3ccc(F)cc3)C2)OC1. The Morgan fingerprint density at radius 1 is 1.35 bits per heavy atom. The average molecular weight is 320 g/mol. The summed E-state index contributed by atoms with van der Waals surface area (Å²) in [7, 11) is 4.17. The van der Waals surface area contributed by atoms with Gasteiger partial charge in [0, 0.05) is 6.54 Å². The molecule has 5 heteroatoms. The van der Waals surface area contributed by atoms with Crippen molar-refractivity contribution in [3.8, 4) is 0 Å². The van der Waals surface area contributed by atoms with Gasteiger partial charge in [0.15, 0.2) is 0 Å². The van der Waals surface area contributed by atoms with Crippen LogP contribution in [0.5, 0.6) is 0 Å². The average Bonchev–Trinajstić information content (AvgIpc) is 2.47. The Kier molecular flexibility index (Phi) is 4.69. The highest BCUT2D eigenvalue weighted by atomic mass is 19.1. The van der Waals surface area contributed by atoms with Crippen molar-refractivity contribution in [2.75, 3.05) is 40.3 Å². The van der Waals surface area contributed by atoms with Crippen molar-refractivity contribution in [3.05, 3.63) is 35.6 Å². The van der Waals surface area contributed by atoms with E-state index in [1.54, 1.807) is 12.1 Å². The Morgan fingerprint density at radius 3 is 2.61 bits per heavy atom. The summed E-state index contributed by atoms with van der Waals surface area (Å²) in [5, 5.41) is 0. The van der Waals surface area contributed by atoms with E-state index in [0.717, 1.165) is 31.6 Å². The van der Waals surface area contributed by atoms with Crippen molar-refractivity contribution in [3.63, 3.8) is 0 Å². The second-order valence-electron chi connectivity index (χ2n) is 7.21. The molecule has 2 aliphatic heterocycles. The fourth-order valence-electron chi connectivity index (χ4n) is 3.54. The molecule has 0 aromatic heterocycles. The molecule has 2 saturated heterocycles. The molecule has 1 amide bonds. The fraction of sp³-hybridized carbons (Fsp3) is 0.611. The van der Waals surface area contributed by atoms with Crippen molar-refractivity contribution in [2.24, 2.45) is 5.92 Å². The van der Waals surface area contributed by atoms with E-state index in [9.17, 15) is 9.18 Å². The summed E-state index contributed by atoms with van der Waals surface area (Å²) >= 11 is 0. The minimum atomic E-state index is -0.271. The smallest absolute Gasteiger partial charge is 0.227 e. The zero-order valence-corrected chi connectivity index (χ0v) is 13.9. The first kappa shape index (κ1) is 16.4. The monoisotopic (exact) mass is 320 g/mol. The molecule has 2 heterocycles. The van der Waals surface area contributed by atoms with Crippen LogP contribution in [0.1, 0.15) is 18.4 Å². The van der Waals surface area contributed by atoms with Gasteiger partial charge in [0.1, 0.15) is 11.4 Å². The highest BCUT2D eigenvalue weighted by molar-refractivity contribution is 5.79. The molecule has 2 aliphatic rings. The maximum absolute atomic E-state index is 12.9. The van der Waals surface area contributed by atoms with Crippen LogP contribution in [0.25, 0.3) is 0 Å². The van der Waals surface area contributed by atoms with Gasteiger partial charge >= 0.3 is 0 Å². The summed E-state index contributed by atoms with van der Waals surface area (Å²) in [6.07, 6.45) is 2.53. The number of carbonyl (C=O) groups is 1. The Balaban J connectivity index is 1.45. The van der Waals surface area contributed by atoms with Crippen LogP contribution < -0.4 is 0 Å². The normalized spacial score (nSPS) is 23.1. The molecule has 0 saturated carbocycles. The number of rotatable bonds is 4. The second-order valence-corrected chi connectivity index (χ2v) is 7.21. The number of halogens is 1. The molecule has 2 fully saturated rings. The fourth-order valence-corrected chi connectivity index (χ4v) is 3.54. The summed E-state index contributed by atoms with van der Waals surface area (Å²) in [6, 6.07) is 6.14. The van der Waals surface area contributed by atoms with Gasteiger partial charge in [-0.05, 0) is 50.6 Å². The van der Waals surface area contributed by atoms with Crippen LogP contribution in [0.2, 0.25) is 0 Å². The largest absolute Gasteiger partial charge is 0.371 e. The number of hydrogen-bond donors (Lipinski definition) is 0. The predicted octanol–water partition coefficient (Wildman–Crippen LogP) is 1.94. The van der Waals surface area contributed by atoms with Crippen molar-refractivity contribution < 1.29 is 13.9 Å². The van der Waals surface area contributed by atoms with Crippen molar-refractivity contribution >= 4 is 5.91 Å². The third-order valence-electron chi connectivity index (χ3n) is 4.84. The number of likely N-dealkylation sites (tertiary alicyclic amines) is 1. The molecule has 1 aromatic rings. The minimum Gasteiger partial charge on any atom is -0.371 e. The Morgan fingerprint density at radius 2 is 2.04 bits per heavy atom. The maximum Gasteiger partial charge on any atom is 0.227 e. The first-order valence-corrected chi connectivity index (χ1v) is 8.27. The summed E-state index contributed by atoms with van der Waals surface area (Å²) < 4.78 is 19.0. The maximum atomic E-state index is 12.9. The molecule has 0 bridgehead atoms. The first-order valence-electron chi connectivity index (χ1n) is 8.27. The van der Waals surface area contributed by atoms with Crippen molar-refractivity contribution in [1.82, 2.24) is 9.80 Å². The molecular formula is C18H25FN2O2. The topological polar surface area (TPSA) is 32.8 Å². The van der Waals surface area contributed by atoms with Gasteiger partial charge < -0.3 is 14.5 Å². The summed E-state index contributed by atoms with van der Waals surface area (Å²) in [6.45, 7) is 3.24. The van der Waals surface area contributed by atoms with Crippen LogP contribution >= 0.6 is 0 Å². The number of benzene rings is 1. The van der Waals surface area contributed by atoms with Crippen LogP contribution in [0.15, 0.2) is 24.3 Å². The Labute approximate surface area is 137 Å². The number of hydrogen-bond acceptors (Lipinski definition) is 3. The van der Waals surface area contributed by atoms with Gasteiger partial charge in [-0.2, -0.15) is 0 Å². The molecule has 126 valence electrons. The highest BCUT2D eigenvalue weighted by Gasteiger charge is 2.48. The predicted molar refractivity (Wildman–Crippen MR) is 86.6 cm³/mol. The Hall–Kier alpha value is -1.46. The van der Waals surface area contributed by atoms with E-state index >= 15 is 0 Å². The lowest BCUT2D eigenvalue weighted by Gasteiger charge is -2.53. The Bertz CT molecular complexity index is 543. The summed E-state index contributed by atoms with van der Waals surface area (Å²) in [5.74, 6) is 0.424. The number of amides is 1. The van der Waals surface area contributed by atoms with E-state index in [0.29, 0.717) is 25.4 Å². The van der Waals surface area contributed by atoms with Gasteiger partial charge in [-0.15, -0.1) is 0 Å². The quantitative estimate of drug-likeness (QED) is 0.850. The number of nitrogens with zero attached hydrogens (tertiary/aromatic N) is 2. The zero-order valence-electron chi connectivity index (χ0n) is 13.9. The van der Waals surface area contributed by atoms with E-state index < -0.39 is 0 Å². The molecule has 0 aliphatic carbocycles. The summed E-state index contributed by atoms with van der Waals surface area (Å²) in [4.78, 5) is 16.3. The first-order chi connectivity index (χ1) is 11.0. The van der Waals surface area contributed by atoms with Crippen molar-refractivity contribution in [1.29, 1.82) is 0 Å². The second kappa shape index (κ2) is 6.57. The number of ether oxygens (including phenoxy) is 1. The van der Waals surface area contributed by atoms with E-state index in [1.165, 1.54) is 12.1 Å². The molecule has 1 aromatic carbocycles. The molecule has 0 radical (unpaired) electrons. The van der Waals surface area contributed by atoms with E-state index in [-0.39, 0.29) is 17.3 Å². The summed E-state index contributed by atoms with van der Waals surface area (Å²) in [5.41, 5.74) is 0.745. The van der Waals surface area contributed by atoms with Crippen LogP contribution in [0.4, 0.5) is 4.39 Å². The molecule has 23 heavy (non-hydrogen) atoms. The molecular weight excluding hydrogens is 295 g/mol. The van der Waals surface area contributed by atoms with E-state index in [2.05, 4.69) is 19.0 Å². The van der Waals surface area contributed by atoms with Crippen LogP contribution in [0.3, 0.4) is 0 Å². The number of carbonyl (C=O) groups excluding carboxylic acids is 1. The van der Waals surface area contributed by atoms with Crippen LogP contribution in [-0.4, -0.2) is 61.6 Å². The van der Waals surface area contributed by atoms with Gasteiger partial charge in [0.2, 0.25) is 5.91 Å². The van der Waals surface area contributed by atoms with E-state index in [4.69, 9.17) is 4.74 Å². The molecule has 3 rings (SSSR count). The lowest BCUT2D eigenvalue weighted by molar-refractivity contribution is -0.189. The molecule has 4 nitrogen and oxygen atoms in total. The zero-order chi connectivity index (χ0) is 16.4. The van der Waals surface area contributed by atoms with Gasteiger partial charge in [0.05, 0.1) is 26.1 Å². The van der Waals surface area contributed by atoms with Gasteiger partial charge in [-0.3, -0.25) is 4.79 Å². The minimum absolute atomic E-state index is 0.0984. The third-order valence-corrected chi connectivity index (χ3v) is 4.84. The molecule has 1 spiro atoms. The highest BCUT2D eigenvalue weighted by Crippen LogP contribution is 2.36. The lowest BCUT2D eigenvalue weighted by Crippen LogP contribution is -2.66.